The van der Waals surface area contributed by atoms with Crippen molar-refractivity contribution >= 4 is 105 Å². The maximum Gasteiger partial charge on any atom is 0.327 e. The minimum atomic E-state index is -1.97. The molecule has 3 unspecified atom stereocenters. The molecule has 0 radical (unpaired) electrons. The van der Waals surface area contributed by atoms with Gasteiger partial charge in [-0.1, -0.05) is 6.08 Å². The van der Waals surface area contributed by atoms with Gasteiger partial charge in [-0.15, -0.1) is 11.8 Å². The molecule has 0 saturated carbocycles. The fourth-order valence-electron chi connectivity index (χ4n) is 11.3. The number of carboxylic acid groups (broad SMARTS) is 3. The van der Waals surface area contributed by atoms with Crippen molar-refractivity contribution in [2.24, 2.45) is 22.2 Å². The first-order valence-electron chi connectivity index (χ1n) is 28.9. The van der Waals surface area contributed by atoms with Crippen LogP contribution < -0.4 is 64.7 Å². The van der Waals surface area contributed by atoms with Gasteiger partial charge in [0, 0.05) is 80.2 Å². The van der Waals surface area contributed by atoms with Crippen LogP contribution in [-0.2, 0) is 56.2 Å². The molecule has 6 heterocycles. The molecule has 5 aromatic rings. The Balaban J connectivity index is 0.842. The van der Waals surface area contributed by atoms with Crippen LogP contribution in [0.3, 0.4) is 0 Å². The van der Waals surface area contributed by atoms with Crippen LogP contribution in [0, 0.1) is 6.92 Å². The summed E-state index contributed by atoms with van der Waals surface area (Å²) < 4.78 is 12.6. The summed E-state index contributed by atoms with van der Waals surface area (Å²) in [5.41, 5.74) is 21.7. The van der Waals surface area contributed by atoms with Gasteiger partial charge in [-0.25, -0.2) is 19.6 Å². The van der Waals surface area contributed by atoms with Gasteiger partial charge < -0.3 is 105 Å². The number of phenols is 2. The molecular formula is C57H69N17O19S. The first kappa shape index (κ1) is 68.8. The van der Waals surface area contributed by atoms with E-state index >= 15 is 0 Å². The Kier molecular flexibility index (Phi) is 21.2. The number of fused-ring (bicyclic) bond motifs is 6. The lowest BCUT2D eigenvalue weighted by Crippen LogP contribution is -2.56. The van der Waals surface area contributed by atoms with E-state index in [9.17, 15) is 83.7 Å². The van der Waals surface area contributed by atoms with Gasteiger partial charge in [0.1, 0.15) is 36.0 Å². The summed E-state index contributed by atoms with van der Waals surface area (Å²) in [4.78, 5) is 151. The topological polar surface area (TPSA) is 573 Å². The number of guanidine groups is 1. The molecule has 0 aliphatic carbocycles. The number of anilines is 3. The number of piperazine rings is 1. The average Bonchev–Trinajstić information content (AvgIpc) is 1.49. The number of primary amides is 1. The number of methoxy groups -OCH3 is 2. The van der Waals surface area contributed by atoms with E-state index in [0.29, 0.717) is 23.1 Å². The summed E-state index contributed by atoms with van der Waals surface area (Å²) in [5.74, 6) is -12.5. The number of H-pyrrole nitrogens is 1. The number of aromatic hydroxyl groups is 4. The van der Waals surface area contributed by atoms with Gasteiger partial charge in [0.25, 0.3) is 11.5 Å². The van der Waals surface area contributed by atoms with Gasteiger partial charge >= 0.3 is 17.9 Å². The zero-order valence-corrected chi connectivity index (χ0v) is 51.4. The molecule has 2 saturated heterocycles. The summed E-state index contributed by atoms with van der Waals surface area (Å²) in [7, 11) is 2.70. The second-order valence-corrected chi connectivity index (χ2v) is 23.0. The number of rotatable bonds is 32. The molecule has 36 nitrogen and oxygen atoms in total. The monoisotopic (exact) mass is 1330 g/mol. The second kappa shape index (κ2) is 29.0. The minimum absolute atomic E-state index is 0.00792. The predicted octanol–water partition coefficient (Wildman–Crippen LogP) is -1.83. The van der Waals surface area contributed by atoms with Gasteiger partial charge in [-0.2, -0.15) is 4.98 Å². The Hall–Kier alpha value is -11.1. The van der Waals surface area contributed by atoms with E-state index < -0.39 is 132 Å². The molecular weight excluding hydrogens is 1260 g/mol. The standard InChI is InChI=1S/C57H69N17O19S/c1-24-43(81)42-40(44(82)45(24)92-2)28(12-14-35(58)75)57(93-3)46-33(22-73(42)57)74(46)37(77)7-5-17-72-38(78)19-34(52(72)87)94-23-32(54(90)91)69-50(85)31(18-39(79)80)68-49(84)29(6-4-16-62-55(59)60)66-36(76)15-13-30(53(88)89)67-48(83)25-8-10-26(11-9-25)63-20-27-21-64-47-41(65-27)51(86)71-56(61)70-47/h8-12,19,21,29-33,46,63,78,81-82,87H,4-7,13-18,20,22-23H2,1-3H3,(H2,58,75)(H,66,76)(H,67,83)(H,68,84)(H,69,85)(H,79,80)(H,88,89)(H,90,91)(H4,59,60,62)(H3,61,64,70,71,86)/t29-,30-,31-,32?,33?,46?,57+,74?/m1/s1. The normalized spacial score (nSPS) is 17.5. The number of aliphatic carboxylic acids is 3. The van der Waals surface area contributed by atoms with Crippen molar-refractivity contribution in [3.05, 3.63) is 75.3 Å². The van der Waals surface area contributed by atoms with Gasteiger partial charge in [-0.05, 0) is 56.9 Å². The van der Waals surface area contributed by atoms with Gasteiger partial charge in [0.05, 0.1) is 54.2 Å². The van der Waals surface area contributed by atoms with Crippen LogP contribution in [0.4, 0.5) is 17.3 Å². The molecule has 8 rings (SSSR count). The number of nitrogens with zero attached hydrogens (tertiary/aromatic N) is 7. The highest BCUT2D eigenvalue weighted by molar-refractivity contribution is 7.99. The number of hydrogen-bond donors (Lipinski definition) is 17. The van der Waals surface area contributed by atoms with E-state index in [4.69, 9.17) is 32.4 Å². The molecule has 3 aromatic heterocycles. The number of nitrogen functional groups attached to an aromatic ring is 1. The number of amides is 6. The van der Waals surface area contributed by atoms with Crippen molar-refractivity contribution in [2.45, 2.75) is 118 Å². The minimum Gasteiger partial charge on any atom is -0.505 e. The quantitative estimate of drug-likeness (QED) is 0.00562. The molecule has 0 spiro atoms. The van der Waals surface area contributed by atoms with Gasteiger partial charge in [0.15, 0.2) is 40.2 Å². The lowest BCUT2D eigenvalue weighted by Gasteiger charge is -2.37. The number of benzene rings is 2. The second-order valence-electron chi connectivity index (χ2n) is 21.9. The van der Waals surface area contributed by atoms with E-state index in [1.165, 1.54) is 50.8 Å². The number of aromatic amines is 1. The number of hydrogen-bond acceptors (Lipinski definition) is 24. The fourth-order valence-corrected chi connectivity index (χ4v) is 12.3. The van der Waals surface area contributed by atoms with E-state index in [2.05, 4.69) is 51.5 Å². The van der Waals surface area contributed by atoms with Crippen molar-refractivity contribution in [1.82, 2.24) is 50.7 Å². The van der Waals surface area contributed by atoms with E-state index in [1.54, 1.807) is 16.7 Å². The van der Waals surface area contributed by atoms with E-state index in [0.717, 1.165) is 10.6 Å². The number of ether oxygens (including phenoxy) is 2. The van der Waals surface area contributed by atoms with Gasteiger partial charge in [-0.3, -0.25) is 52.9 Å². The Morgan fingerprint density at radius 2 is 1.56 bits per heavy atom. The lowest BCUT2D eigenvalue weighted by atomic mass is 9.92. The lowest BCUT2D eigenvalue weighted by molar-refractivity contribution is -0.143. The average molecular weight is 1330 g/mol. The molecule has 2 fully saturated rings. The number of aromatic nitrogens is 5. The van der Waals surface area contributed by atoms with Crippen molar-refractivity contribution in [3.63, 3.8) is 0 Å². The highest BCUT2D eigenvalue weighted by Gasteiger charge is 2.75. The van der Waals surface area contributed by atoms with Crippen molar-refractivity contribution in [3.8, 4) is 29.0 Å². The van der Waals surface area contributed by atoms with Crippen LogP contribution in [0.1, 0.15) is 78.5 Å². The third-order valence-electron chi connectivity index (χ3n) is 15.7. The summed E-state index contributed by atoms with van der Waals surface area (Å²) in [6, 6.07) is -1.17. The molecule has 3 aliphatic rings. The smallest absolute Gasteiger partial charge is 0.327 e. The van der Waals surface area contributed by atoms with Crippen LogP contribution in [0.2, 0.25) is 0 Å². The zero-order valence-electron chi connectivity index (χ0n) is 50.6. The highest BCUT2D eigenvalue weighted by Crippen LogP contribution is 2.66. The number of carbonyl (C=O) groups excluding carboxylic acids is 6. The number of phenolic OH excluding ortho intramolecular Hbond substituents is 2. The maximum atomic E-state index is 13.9. The third kappa shape index (κ3) is 14.9. The van der Waals surface area contributed by atoms with E-state index in [1.807, 2.05) is 0 Å². The molecule has 94 heavy (non-hydrogen) atoms. The number of thioether (sulfide) groups is 1. The molecule has 502 valence electrons. The van der Waals surface area contributed by atoms with Crippen molar-refractivity contribution < 1.29 is 88.4 Å². The number of carbonyl (C=O) groups is 9. The molecule has 7 atom stereocenters. The predicted molar refractivity (Wildman–Crippen MR) is 332 cm³/mol. The molecule has 3 aliphatic heterocycles. The molecule has 37 heteroatoms. The summed E-state index contributed by atoms with van der Waals surface area (Å²) >= 11 is 0.665. The Bertz CT molecular complexity index is 3950. The van der Waals surface area contributed by atoms with Crippen LogP contribution in [0.25, 0.3) is 16.7 Å². The number of nitrogens with one attached hydrogen (secondary N) is 6. The molecule has 0 bridgehead atoms. The van der Waals surface area contributed by atoms with Crippen LogP contribution >= 0.6 is 11.8 Å². The fraction of sp³-hybridized carbons (Fsp3) is 0.404. The van der Waals surface area contributed by atoms with Crippen molar-refractivity contribution in [1.29, 1.82) is 0 Å². The molecule has 2 aromatic carbocycles. The van der Waals surface area contributed by atoms with Crippen LogP contribution in [0.15, 0.2) is 57.3 Å². The number of carboxylic acids is 3. The van der Waals surface area contributed by atoms with E-state index in [-0.39, 0.29) is 137 Å². The summed E-state index contributed by atoms with van der Waals surface area (Å²) in [6.07, 6.45) is 0.0989. The van der Waals surface area contributed by atoms with Crippen LogP contribution in [-0.4, -0.2) is 199 Å². The first-order chi connectivity index (χ1) is 44.6. The number of aliphatic imine (C=N–C) groups is 1. The third-order valence-corrected chi connectivity index (χ3v) is 16.8. The molecule has 6 amide bonds. The first-order valence-corrected chi connectivity index (χ1v) is 29.9. The Labute approximate surface area is 536 Å². The highest BCUT2D eigenvalue weighted by atomic mass is 32.2. The van der Waals surface area contributed by atoms with Crippen molar-refractivity contribution in [2.75, 3.05) is 49.0 Å². The largest absolute Gasteiger partial charge is 0.505 e. The Morgan fingerprint density at radius 3 is 2.21 bits per heavy atom. The van der Waals surface area contributed by atoms with Gasteiger partial charge in [0.2, 0.25) is 41.4 Å². The zero-order chi connectivity index (χ0) is 68.6. The van der Waals surface area contributed by atoms with Crippen LogP contribution in [0.5, 0.6) is 29.0 Å². The summed E-state index contributed by atoms with van der Waals surface area (Å²) in [5, 5.41) is 87.0. The Morgan fingerprint density at radius 1 is 0.872 bits per heavy atom. The molecule has 21 N–H and O–H groups in total. The maximum absolute atomic E-state index is 13.9. The summed E-state index contributed by atoms with van der Waals surface area (Å²) in [6.45, 7) is 1.60. The number of nitrogens with two attached hydrogens (primary N) is 4. The SMILES string of the molecule is COc1c(C)c(O)c2c(c1O)C(=CCC(N)=O)[C@]1(OC)C3C(CN21)N3C(=O)CCCn1c(O)cc(SCC(NC(=O)[C@@H](CC(=O)O)NC(=O)[C@@H](CCCN=C(N)N)NC(=O)CC[C@@H](NC(=O)c2ccc(NCc3cnc4nc(N)[nH]c(=O)c4n3)cc2)C(=O)O)C(=O)O)c1O.